The first kappa shape index (κ1) is 18.1. The Labute approximate surface area is 149 Å². The molecule has 126 valence electrons. The van der Waals surface area contributed by atoms with Gasteiger partial charge in [0.15, 0.2) is 0 Å². The maximum Gasteiger partial charge on any atom is 0.337 e. The lowest BCUT2D eigenvalue weighted by atomic mass is 10.1. The van der Waals surface area contributed by atoms with Gasteiger partial charge in [0.05, 0.1) is 21.3 Å². The molecule has 0 unspecified atom stereocenters. The predicted octanol–water partition coefficient (Wildman–Crippen LogP) is 4.62. The summed E-state index contributed by atoms with van der Waals surface area (Å²) in [4.78, 5) is 22.8. The number of carbonyl (C=O) groups excluding carboxylic acids is 1. The Morgan fingerprint density at radius 2 is 1.88 bits per heavy atom. The number of hydrogen-bond acceptors (Lipinski definition) is 3. The highest BCUT2D eigenvalue weighted by atomic mass is 35.5. The van der Waals surface area contributed by atoms with Crippen LogP contribution in [0.3, 0.4) is 0 Å². The first-order valence-corrected chi connectivity index (χ1v) is 7.90. The molecule has 2 N–H and O–H groups in total. The van der Waals surface area contributed by atoms with Crippen molar-refractivity contribution in [2.45, 2.75) is 20.0 Å². The lowest BCUT2D eigenvalue weighted by Crippen LogP contribution is -2.13. The quantitative estimate of drug-likeness (QED) is 0.780. The van der Waals surface area contributed by atoms with Gasteiger partial charge in [0, 0.05) is 12.5 Å². The van der Waals surface area contributed by atoms with E-state index in [0.29, 0.717) is 21.4 Å². The van der Waals surface area contributed by atoms with Crippen LogP contribution in [0.5, 0.6) is 5.75 Å². The molecule has 7 heteroatoms. The van der Waals surface area contributed by atoms with Crippen LogP contribution in [0.25, 0.3) is 0 Å². The van der Waals surface area contributed by atoms with Crippen molar-refractivity contribution >= 4 is 40.8 Å². The van der Waals surface area contributed by atoms with E-state index in [0.717, 1.165) is 0 Å². The van der Waals surface area contributed by atoms with E-state index in [-0.39, 0.29) is 30.2 Å². The standard InChI is InChI=1S/C17H15Cl2NO4/c1-2-16(21)20-15-6-3-10(7-12(15)17(22)23)9-24-11-4-5-13(18)14(19)8-11/h3-8H,2,9H2,1H3,(H,20,21)(H,22,23). The van der Waals surface area contributed by atoms with Gasteiger partial charge in [-0.1, -0.05) is 36.2 Å². The average molecular weight is 368 g/mol. The molecule has 2 aromatic rings. The molecule has 24 heavy (non-hydrogen) atoms. The van der Waals surface area contributed by atoms with Gasteiger partial charge in [-0.25, -0.2) is 4.79 Å². The van der Waals surface area contributed by atoms with Gasteiger partial charge in [-0.2, -0.15) is 0 Å². The Morgan fingerprint density at radius 3 is 2.50 bits per heavy atom. The number of carboxylic acid groups (broad SMARTS) is 1. The minimum Gasteiger partial charge on any atom is -0.489 e. The molecule has 0 aromatic heterocycles. The number of ether oxygens (including phenoxy) is 1. The highest BCUT2D eigenvalue weighted by molar-refractivity contribution is 6.42. The first-order valence-electron chi connectivity index (χ1n) is 7.14. The number of amides is 1. The molecular formula is C17H15Cl2NO4. The number of hydrogen-bond donors (Lipinski definition) is 2. The van der Waals surface area contributed by atoms with Gasteiger partial charge in [-0.05, 0) is 29.8 Å². The fourth-order valence-corrected chi connectivity index (χ4v) is 2.23. The molecule has 0 aliphatic heterocycles. The average Bonchev–Trinajstić information content (AvgIpc) is 2.56. The maximum absolute atomic E-state index is 11.5. The topological polar surface area (TPSA) is 75.6 Å². The van der Waals surface area contributed by atoms with Crippen LogP contribution in [-0.4, -0.2) is 17.0 Å². The van der Waals surface area contributed by atoms with Crippen LogP contribution < -0.4 is 10.1 Å². The first-order chi connectivity index (χ1) is 11.4. The monoisotopic (exact) mass is 367 g/mol. The summed E-state index contributed by atoms with van der Waals surface area (Å²) in [6, 6.07) is 9.57. The van der Waals surface area contributed by atoms with Crippen LogP contribution in [0.1, 0.15) is 29.3 Å². The van der Waals surface area contributed by atoms with E-state index in [1.54, 1.807) is 37.3 Å². The van der Waals surface area contributed by atoms with Crippen molar-refractivity contribution in [1.29, 1.82) is 0 Å². The molecule has 0 atom stereocenters. The van der Waals surface area contributed by atoms with E-state index in [1.807, 2.05) is 0 Å². The molecule has 5 nitrogen and oxygen atoms in total. The number of halogens is 2. The van der Waals surface area contributed by atoms with Gasteiger partial charge in [-0.15, -0.1) is 0 Å². The van der Waals surface area contributed by atoms with Crippen LogP contribution >= 0.6 is 23.2 Å². The summed E-state index contributed by atoms with van der Waals surface area (Å²) in [6.07, 6.45) is 0.265. The molecule has 0 saturated heterocycles. The molecule has 0 radical (unpaired) electrons. The summed E-state index contributed by atoms with van der Waals surface area (Å²) >= 11 is 11.8. The molecule has 0 saturated carbocycles. The van der Waals surface area contributed by atoms with Gasteiger partial charge >= 0.3 is 5.97 Å². The molecule has 0 fully saturated rings. The molecule has 2 rings (SSSR count). The highest BCUT2D eigenvalue weighted by Crippen LogP contribution is 2.27. The molecule has 0 heterocycles. The summed E-state index contributed by atoms with van der Waals surface area (Å²) in [5.74, 6) is -0.861. The van der Waals surface area contributed by atoms with Gasteiger partial charge < -0.3 is 15.2 Å². The second-order valence-electron chi connectivity index (χ2n) is 4.95. The fourth-order valence-electron chi connectivity index (χ4n) is 1.94. The van der Waals surface area contributed by atoms with Crippen LogP contribution in [0.4, 0.5) is 5.69 Å². The summed E-state index contributed by atoms with van der Waals surface area (Å²) in [5.41, 5.74) is 0.910. The zero-order chi connectivity index (χ0) is 17.7. The van der Waals surface area contributed by atoms with Gasteiger partial charge in [-0.3, -0.25) is 4.79 Å². The SMILES string of the molecule is CCC(=O)Nc1ccc(COc2ccc(Cl)c(Cl)c2)cc1C(=O)O. The van der Waals surface area contributed by atoms with Crippen molar-refractivity contribution in [3.05, 3.63) is 57.6 Å². The van der Waals surface area contributed by atoms with E-state index in [9.17, 15) is 14.7 Å². The highest BCUT2D eigenvalue weighted by Gasteiger charge is 2.13. The van der Waals surface area contributed by atoms with Crippen molar-refractivity contribution in [3.8, 4) is 5.75 Å². The molecule has 0 aliphatic rings. The Bertz CT molecular complexity index is 777. The summed E-state index contributed by atoms with van der Waals surface area (Å²) in [5, 5.41) is 12.7. The van der Waals surface area contributed by atoms with Crippen LogP contribution in [0.15, 0.2) is 36.4 Å². The summed E-state index contributed by atoms with van der Waals surface area (Å²) < 4.78 is 5.58. The number of anilines is 1. The Balaban J connectivity index is 2.15. The Morgan fingerprint density at radius 1 is 1.12 bits per heavy atom. The van der Waals surface area contributed by atoms with Crippen molar-refractivity contribution < 1.29 is 19.4 Å². The van der Waals surface area contributed by atoms with Gasteiger partial charge in [0.1, 0.15) is 12.4 Å². The van der Waals surface area contributed by atoms with E-state index in [2.05, 4.69) is 5.32 Å². The fraction of sp³-hybridized carbons (Fsp3) is 0.176. The van der Waals surface area contributed by atoms with Crippen molar-refractivity contribution in [2.24, 2.45) is 0 Å². The lowest BCUT2D eigenvalue weighted by molar-refractivity contribution is -0.115. The zero-order valence-electron chi connectivity index (χ0n) is 12.8. The number of aromatic carboxylic acids is 1. The minimum absolute atomic E-state index is 0.00652. The largest absolute Gasteiger partial charge is 0.489 e. The van der Waals surface area contributed by atoms with Crippen LogP contribution in [0, 0.1) is 0 Å². The smallest absolute Gasteiger partial charge is 0.337 e. The number of carbonyl (C=O) groups is 2. The summed E-state index contributed by atoms with van der Waals surface area (Å²) in [6.45, 7) is 1.84. The normalized spacial score (nSPS) is 10.3. The third-order valence-corrected chi connectivity index (χ3v) is 3.95. The van der Waals surface area contributed by atoms with Crippen molar-refractivity contribution in [1.82, 2.24) is 0 Å². The number of benzene rings is 2. The molecule has 2 aromatic carbocycles. The third kappa shape index (κ3) is 4.63. The van der Waals surface area contributed by atoms with Gasteiger partial charge in [0.2, 0.25) is 5.91 Å². The maximum atomic E-state index is 11.5. The molecule has 0 aliphatic carbocycles. The van der Waals surface area contributed by atoms with Crippen molar-refractivity contribution in [2.75, 3.05) is 5.32 Å². The van der Waals surface area contributed by atoms with Crippen LogP contribution in [-0.2, 0) is 11.4 Å². The van der Waals surface area contributed by atoms with Crippen molar-refractivity contribution in [3.63, 3.8) is 0 Å². The molecule has 0 bridgehead atoms. The summed E-state index contributed by atoms with van der Waals surface area (Å²) in [7, 11) is 0. The van der Waals surface area contributed by atoms with Crippen LogP contribution in [0.2, 0.25) is 10.0 Å². The van der Waals surface area contributed by atoms with Gasteiger partial charge in [0.25, 0.3) is 0 Å². The number of rotatable bonds is 6. The Hall–Kier alpha value is -2.24. The second kappa shape index (κ2) is 8.04. The lowest BCUT2D eigenvalue weighted by Gasteiger charge is -2.11. The second-order valence-corrected chi connectivity index (χ2v) is 5.77. The predicted molar refractivity (Wildman–Crippen MR) is 93.1 cm³/mol. The van der Waals surface area contributed by atoms with E-state index >= 15 is 0 Å². The zero-order valence-corrected chi connectivity index (χ0v) is 14.3. The molecule has 0 spiro atoms. The Kier molecular flexibility index (Phi) is 6.06. The molecular weight excluding hydrogens is 353 g/mol. The van der Waals surface area contributed by atoms with E-state index in [4.69, 9.17) is 27.9 Å². The number of nitrogens with one attached hydrogen (secondary N) is 1. The van der Waals surface area contributed by atoms with E-state index < -0.39 is 5.97 Å². The van der Waals surface area contributed by atoms with E-state index in [1.165, 1.54) is 6.07 Å². The third-order valence-electron chi connectivity index (χ3n) is 3.21. The number of carboxylic acids is 1. The molecule has 1 amide bonds. The minimum atomic E-state index is -1.13.